The summed E-state index contributed by atoms with van der Waals surface area (Å²) >= 11 is 0. The van der Waals surface area contributed by atoms with E-state index in [1.165, 1.54) is 33.4 Å². The maximum Gasteiger partial charge on any atom is 0.119 e. The van der Waals surface area contributed by atoms with E-state index in [1.807, 2.05) is 32.9 Å². The van der Waals surface area contributed by atoms with Crippen LogP contribution in [0.15, 0.2) is 67.3 Å². The van der Waals surface area contributed by atoms with Crippen molar-refractivity contribution in [2.45, 2.75) is 40.0 Å². The van der Waals surface area contributed by atoms with E-state index in [0.29, 0.717) is 0 Å². The summed E-state index contributed by atoms with van der Waals surface area (Å²) in [7, 11) is 1.72. The van der Waals surface area contributed by atoms with Crippen LogP contribution < -0.4 is 4.74 Å². The zero-order valence-electron chi connectivity index (χ0n) is 16.9. The third-order valence-corrected chi connectivity index (χ3v) is 4.86. The summed E-state index contributed by atoms with van der Waals surface area (Å²) in [6.45, 7) is 14.4. The predicted molar refractivity (Wildman–Crippen MR) is 115 cm³/mol. The highest BCUT2D eigenvalue weighted by molar-refractivity contribution is 5.85. The quantitative estimate of drug-likeness (QED) is 0.533. The van der Waals surface area contributed by atoms with E-state index in [0.717, 1.165) is 5.75 Å². The van der Waals surface area contributed by atoms with Gasteiger partial charge in [-0.15, -0.1) is 0 Å². The minimum Gasteiger partial charge on any atom is -0.497 e. The lowest BCUT2D eigenvalue weighted by Crippen LogP contribution is -2.15. The van der Waals surface area contributed by atoms with Crippen LogP contribution >= 0.6 is 0 Å². The second kappa shape index (κ2) is 8.23. The zero-order valence-corrected chi connectivity index (χ0v) is 16.9. The monoisotopic (exact) mass is 346 g/mol. The van der Waals surface area contributed by atoms with Crippen LogP contribution in [0.25, 0.3) is 16.7 Å². The van der Waals surface area contributed by atoms with Gasteiger partial charge in [0, 0.05) is 5.41 Å². The number of rotatable bonds is 4. The molecule has 0 aliphatic heterocycles. The summed E-state index contributed by atoms with van der Waals surface area (Å²) in [5.74, 6) is 0.913. The Morgan fingerprint density at radius 1 is 1.00 bits per heavy atom. The first-order valence-electron chi connectivity index (χ1n) is 9.32. The number of ether oxygens (including phenoxy) is 1. The van der Waals surface area contributed by atoms with Crippen molar-refractivity contribution >= 4 is 5.57 Å². The molecule has 1 aliphatic rings. The summed E-state index contributed by atoms with van der Waals surface area (Å²) in [5.41, 5.74) is 7.68. The Kier molecular flexibility index (Phi) is 6.26. The molecule has 0 bridgehead atoms. The van der Waals surface area contributed by atoms with Crippen LogP contribution in [0, 0.1) is 0 Å². The molecule has 0 saturated carbocycles. The second-order valence-electron chi connectivity index (χ2n) is 6.65. The highest BCUT2D eigenvalue weighted by Gasteiger charge is 2.35. The van der Waals surface area contributed by atoms with Crippen LogP contribution in [-0.4, -0.2) is 7.11 Å². The average Bonchev–Trinajstić information content (AvgIpc) is 2.90. The Balaban J connectivity index is 0.00000117. The van der Waals surface area contributed by atoms with Crippen LogP contribution in [0.1, 0.15) is 51.3 Å². The molecule has 136 valence electrons. The largest absolute Gasteiger partial charge is 0.497 e. The van der Waals surface area contributed by atoms with Crippen molar-refractivity contribution < 1.29 is 4.74 Å². The van der Waals surface area contributed by atoms with Gasteiger partial charge in [0.15, 0.2) is 0 Å². The first kappa shape index (κ1) is 19.8. The first-order valence-corrected chi connectivity index (χ1v) is 9.32. The molecule has 0 radical (unpaired) electrons. The van der Waals surface area contributed by atoms with Crippen molar-refractivity contribution in [1.82, 2.24) is 0 Å². The summed E-state index contributed by atoms with van der Waals surface area (Å²) in [6.07, 6.45) is 8.09. The summed E-state index contributed by atoms with van der Waals surface area (Å²) < 4.78 is 5.43. The van der Waals surface area contributed by atoms with Crippen LogP contribution in [0.2, 0.25) is 0 Å². The number of fused-ring (bicyclic) bond motifs is 3. The Bertz CT molecular complexity index is 850. The van der Waals surface area contributed by atoms with Gasteiger partial charge in [-0.3, -0.25) is 0 Å². The fourth-order valence-electron chi connectivity index (χ4n) is 3.58. The number of allylic oxidation sites excluding steroid dienone is 5. The normalized spacial score (nSPS) is 14.3. The van der Waals surface area contributed by atoms with Gasteiger partial charge < -0.3 is 4.74 Å². The number of hydrogen-bond acceptors (Lipinski definition) is 1. The van der Waals surface area contributed by atoms with E-state index in [2.05, 4.69) is 69.0 Å². The van der Waals surface area contributed by atoms with E-state index in [1.54, 1.807) is 7.11 Å². The van der Waals surface area contributed by atoms with Gasteiger partial charge in [0.25, 0.3) is 0 Å². The number of methoxy groups -OCH3 is 1. The van der Waals surface area contributed by atoms with E-state index >= 15 is 0 Å². The molecule has 0 saturated heterocycles. The molecule has 2 aromatic rings. The van der Waals surface area contributed by atoms with E-state index in [4.69, 9.17) is 4.74 Å². The Labute approximate surface area is 158 Å². The van der Waals surface area contributed by atoms with Crippen molar-refractivity contribution in [2.75, 3.05) is 7.11 Å². The van der Waals surface area contributed by atoms with E-state index in [-0.39, 0.29) is 5.41 Å². The Morgan fingerprint density at radius 3 is 2.19 bits per heavy atom. The number of benzene rings is 2. The fraction of sp³-hybridized carbons (Fsp3) is 0.280. The van der Waals surface area contributed by atoms with Gasteiger partial charge in [-0.25, -0.2) is 0 Å². The van der Waals surface area contributed by atoms with Gasteiger partial charge in [-0.05, 0) is 58.5 Å². The molecule has 0 N–H and O–H groups in total. The lowest BCUT2D eigenvalue weighted by molar-refractivity contribution is 0.413. The van der Waals surface area contributed by atoms with Gasteiger partial charge in [-0.2, -0.15) is 0 Å². The lowest BCUT2D eigenvalue weighted by Gasteiger charge is -2.22. The molecule has 1 heteroatoms. The molecule has 0 aromatic heterocycles. The minimum absolute atomic E-state index is 0.0373. The third kappa shape index (κ3) is 3.39. The predicted octanol–water partition coefficient (Wildman–Crippen LogP) is 7.17. The van der Waals surface area contributed by atoms with Gasteiger partial charge in [0.1, 0.15) is 5.75 Å². The van der Waals surface area contributed by atoms with Gasteiger partial charge in [0.05, 0.1) is 7.11 Å². The highest BCUT2D eigenvalue weighted by Crippen LogP contribution is 2.50. The van der Waals surface area contributed by atoms with E-state index in [9.17, 15) is 0 Å². The van der Waals surface area contributed by atoms with Crippen molar-refractivity contribution in [3.05, 3.63) is 84.0 Å². The van der Waals surface area contributed by atoms with Crippen molar-refractivity contribution in [1.29, 1.82) is 0 Å². The van der Waals surface area contributed by atoms with Crippen LogP contribution in [0.4, 0.5) is 0 Å². The molecule has 0 heterocycles. The van der Waals surface area contributed by atoms with Crippen LogP contribution in [0.3, 0.4) is 0 Å². The van der Waals surface area contributed by atoms with E-state index < -0.39 is 0 Å². The van der Waals surface area contributed by atoms with Crippen molar-refractivity contribution in [3.8, 4) is 16.9 Å². The summed E-state index contributed by atoms with van der Waals surface area (Å²) in [4.78, 5) is 0. The molecular weight excluding hydrogens is 316 g/mol. The third-order valence-electron chi connectivity index (χ3n) is 4.86. The second-order valence-corrected chi connectivity index (χ2v) is 6.65. The van der Waals surface area contributed by atoms with Crippen LogP contribution in [0.5, 0.6) is 5.75 Å². The molecule has 0 spiro atoms. The van der Waals surface area contributed by atoms with Crippen molar-refractivity contribution in [2.24, 2.45) is 0 Å². The Morgan fingerprint density at radius 2 is 1.62 bits per heavy atom. The first-order chi connectivity index (χ1) is 12.5. The molecule has 26 heavy (non-hydrogen) atoms. The molecule has 1 aliphatic carbocycles. The summed E-state index contributed by atoms with van der Waals surface area (Å²) in [5, 5.41) is 0. The topological polar surface area (TPSA) is 9.23 Å². The molecular formula is C25H30O. The maximum atomic E-state index is 5.43. The van der Waals surface area contributed by atoms with Gasteiger partial charge in [0.2, 0.25) is 0 Å². The van der Waals surface area contributed by atoms with Gasteiger partial charge >= 0.3 is 0 Å². The fourth-order valence-corrected chi connectivity index (χ4v) is 3.58. The molecule has 2 aromatic carbocycles. The minimum atomic E-state index is -0.0373. The molecule has 0 unspecified atom stereocenters. The Hall–Kier alpha value is -2.54. The van der Waals surface area contributed by atoms with Gasteiger partial charge in [-0.1, -0.05) is 76.8 Å². The smallest absolute Gasteiger partial charge is 0.119 e. The molecule has 0 amide bonds. The maximum absolute atomic E-state index is 5.43. The SMILES string of the molecule is C=C/C=C(\C=C/C)c1ccc2c(c1)C(C)(C)c1cc(OC)ccc1-2.CC. The standard InChI is InChI=1S/C23H24O.C2H6/c1-6-8-16(9-7-2)17-10-12-19-20-13-11-18(24-5)15-22(20)23(3,4)21(19)14-17;1-2/h6-15H,1H2,2-5H3;1-2H3/b9-7-,16-8+;. The zero-order chi connectivity index (χ0) is 19.3. The summed E-state index contributed by atoms with van der Waals surface area (Å²) in [6, 6.07) is 13.1. The lowest BCUT2D eigenvalue weighted by atomic mass is 9.81. The molecule has 0 fully saturated rings. The molecule has 3 rings (SSSR count). The molecule has 1 nitrogen and oxygen atoms in total. The highest BCUT2D eigenvalue weighted by atomic mass is 16.5. The number of hydrogen-bond donors (Lipinski definition) is 0. The average molecular weight is 347 g/mol. The molecule has 0 atom stereocenters. The van der Waals surface area contributed by atoms with Crippen molar-refractivity contribution in [3.63, 3.8) is 0 Å². The van der Waals surface area contributed by atoms with Crippen LogP contribution in [-0.2, 0) is 5.41 Å².